The van der Waals surface area contributed by atoms with Gasteiger partial charge < -0.3 is 0 Å². The zero-order valence-electron chi connectivity index (χ0n) is 8.29. The molecule has 0 aliphatic carbocycles. The zero-order valence-corrected chi connectivity index (χ0v) is 9.04. The van der Waals surface area contributed by atoms with Crippen molar-refractivity contribution in [2.24, 2.45) is 0 Å². The fourth-order valence-electron chi connectivity index (χ4n) is 1.32. The van der Waals surface area contributed by atoms with Crippen LogP contribution >= 0.6 is 11.6 Å². The molecule has 0 saturated heterocycles. The Morgan fingerprint density at radius 1 is 1.44 bits per heavy atom. The molecule has 1 rings (SSSR count). The zero-order chi connectivity index (χ0) is 14.1. The summed E-state index contributed by atoms with van der Waals surface area (Å²) in [4.78, 5) is 20.1. The van der Waals surface area contributed by atoms with E-state index in [1.807, 2.05) is 0 Å². The average Bonchev–Trinajstić information content (AvgIpc) is 2.25. The van der Waals surface area contributed by atoms with Gasteiger partial charge in [0.1, 0.15) is 11.6 Å². The quantitative estimate of drug-likeness (QED) is 0.473. The summed E-state index contributed by atoms with van der Waals surface area (Å²) in [7, 11) is 0. The number of carbonyl (C=O) groups is 1. The fraction of sp³-hybridized carbons (Fsp3) is 0.111. The molecule has 0 heterocycles. The second-order valence-electron chi connectivity index (χ2n) is 3.02. The molecule has 0 spiro atoms. The highest BCUT2D eigenvalue weighted by Gasteiger charge is 2.43. The first kappa shape index (κ1) is 13.9. The molecule has 0 aliphatic heterocycles. The van der Waals surface area contributed by atoms with Crippen LogP contribution in [-0.4, -0.2) is 10.2 Å². The van der Waals surface area contributed by atoms with E-state index in [2.05, 4.69) is 0 Å². The molecule has 9 heteroatoms. The largest absolute Gasteiger partial charge is 0.424 e. The number of rotatable bonds is 2. The standard InChI is InChI=1S/C9H2ClF3N2O3/c10-8(16)5-2-1-4(3-14)6(9(11,12)13)7(5)15(17)18/h1-2H. The first-order valence-electron chi connectivity index (χ1n) is 4.18. The van der Waals surface area contributed by atoms with Crippen molar-refractivity contribution in [2.45, 2.75) is 6.18 Å². The second-order valence-corrected chi connectivity index (χ2v) is 3.37. The van der Waals surface area contributed by atoms with Crippen molar-refractivity contribution < 1.29 is 22.9 Å². The van der Waals surface area contributed by atoms with Crippen LogP contribution in [0.3, 0.4) is 0 Å². The van der Waals surface area contributed by atoms with Gasteiger partial charge in [-0.2, -0.15) is 18.4 Å². The summed E-state index contributed by atoms with van der Waals surface area (Å²) in [5, 5.41) is 17.8. The molecule has 0 aliphatic rings. The van der Waals surface area contributed by atoms with E-state index in [1.165, 1.54) is 6.07 Å². The van der Waals surface area contributed by atoms with Gasteiger partial charge in [-0.3, -0.25) is 14.9 Å². The highest BCUT2D eigenvalue weighted by molar-refractivity contribution is 6.68. The molecule has 0 radical (unpaired) electrons. The summed E-state index contributed by atoms with van der Waals surface area (Å²) in [5.41, 5.74) is -5.15. The molecule has 0 amide bonds. The highest BCUT2D eigenvalue weighted by Crippen LogP contribution is 2.40. The van der Waals surface area contributed by atoms with E-state index < -0.39 is 38.7 Å². The van der Waals surface area contributed by atoms with Crippen molar-refractivity contribution in [1.82, 2.24) is 0 Å². The van der Waals surface area contributed by atoms with Gasteiger partial charge in [-0.15, -0.1) is 0 Å². The third kappa shape index (κ3) is 2.41. The van der Waals surface area contributed by atoms with E-state index in [1.54, 1.807) is 0 Å². The van der Waals surface area contributed by atoms with Gasteiger partial charge in [0.2, 0.25) is 0 Å². The molecule has 18 heavy (non-hydrogen) atoms. The van der Waals surface area contributed by atoms with Gasteiger partial charge in [0.05, 0.1) is 10.5 Å². The number of benzene rings is 1. The average molecular weight is 279 g/mol. The Bertz CT molecular complexity index is 578. The molecular formula is C9H2ClF3N2O3. The number of hydrogen-bond donors (Lipinski definition) is 0. The summed E-state index contributed by atoms with van der Waals surface area (Å²) in [6, 6.07) is 2.55. The second kappa shape index (κ2) is 4.62. The van der Waals surface area contributed by atoms with Crippen molar-refractivity contribution in [3.63, 3.8) is 0 Å². The van der Waals surface area contributed by atoms with Crippen LogP contribution in [0.5, 0.6) is 0 Å². The molecule has 0 atom stereocenters. The normalized spacial score (nSPS) is 10.8. The molecule has 0 saturated carbocycles. The Hall–Kier alpha value is -2.14. The molecule has 0 aromatic heterocycles. The first-order chi connectivity index (χ1) is 8.20. The molecule has 0 N–H and O–H groups in total. The van der Waals surface area contributed by atoms with E-state index in [4.69, 9.17) is 16.9 Å². The van der Waals surface area contributed by atoms with Gasteiger partial charge in [0, 0.05) is 0 Å². The Labute approximate surface area is 103 Å². The summed E-state index contributed by atoms with van der Waals surface area (Å²) in [6.45, 7) is 0. The van der Waals surface area contributed by atoms with E-state index >= 15 is 0 Å². The number of hydrogen-bond acceptors (Lipinski definition) is 4. The first-order valence-corrected chi connectivity index (χ1v) is 4.56. The Kier molecular flexibility index (Phi) is 3.57. The van der Waals surface area contributed by atoms with Crippen molar-refractivity contribution in [2.75, 3.05) is 0 Å². The Morgan fingerprint density at radius 2 is 2.00 bits per heavy atom. The lowest BCUT2D eigenvalue weighted by Gasteiger charge is -2.10. The number of alkyl halides is 3. The summed E-state index contributed by atoms with van der Waals surface area (Å²) in [6.07, 6.45) is -5.14. The van der Waals surface area contributed by atoms with Crippen LogP contribution in [0.4, 0.5) is 18.9 Å². The maximum absolute atomic E-state index is 12.7. The summed E-state index contributed by atoms with van der Waals surface area (Å²) < 4.78 is 38.1. The number of nitro groups is 1. The molecule has 0 fully saturated rings. The van der Waals surface area contributed by atoms with Crippen LogP contribution in [0.2, 0.25) is 0 Å². The number of nitrogens with zero attached hydrogens (tertiary/aromatic N) is 2. The number of nitriles is 1. The van der Waals surface area contributed by atoms with E-state index in [9.17, 15) is 28.1 Å². The molecule has 1 aromatic rings. The third-order valence-corrected chi connectivity index (χ3v) is 2.18. The minimum atomic E-state index is -5.14. The van der Waals surface area contributed by atoms with Gasteiger partial charge >= 0.3 is 6.18 Å². The molecule has 5 nitrogen and oxygen atoms in total. The molecule has 0 unspecified atom stereocenters. The summed E-state index contributed by atoms with van der Waals surface area (Å²) >= 11 is 4.98. The molecule has 0 bridgehead atoms. The molecule has 1 aromatic carbocycles. The Morgan fingerprint density at radius 3 is 2.33 bits per heavy atom. The lowest BCUT2D eigenvalue weighted by molar-refractivity contribution is -0.388. The number of carbonyl (C=O) groups excluding carboxylic acids is 1. The van der Waals surface area contributed by atoms with E-state index in [0.29, 0.717) is 12.1 Å². The van der Waals surface area contributed by atoms with Crippen LogP contribution in [0.1, 0.15) is 21.5 Å². The number of halogens is 4. The predicted molar refractivity (Wildman–Crippen MR) is 53.0 cm³/mol. The minimum absolute atomic E-state index is 0.658. The van der Waals surface area contributed by atoms with Crippen LogP contribution < -0.4 is 0 Å². The summed E-state index contributed by atoms with van der Waals surface area (Å²) in [5.74, 6) is 0. The lowest BCUT2D eigenvalue weighted by Crippen LogP contribution is -2.14. The van der Waals surface area contributed by atoms with Crippen LogP contribution in [0.15, 0.2) is 12.1 Å². The van der Waals surface area contributed by atoms with Crippen LogP contribution in [0, 0.1) is 21.4 Å². The van der Waals surface area contributed by atoms with Gasteiger partial charge in [-0.1, -0.05) is 0 Å². The molecule has 94 valence electrons. The van der Waals surface area contributed by atoms with Gasteiger partial charge in [-0.25, -0.2) is 0 Å². The van der Waals surface area contributed by atoms with E-state index in [-0.39, 0.29) is 0 Å². The molecular weight excluding hydrogens is 277 g/mol. The van der Waals surface area contributed by atoms with Gasteiger partial charge in [0.25, 0.3) is 10.9 Å². The van der Waals surface area contributed by atoms with E-state index in [0.717, 1.165) is 0 Å². The monoisotopic (exact) mass is 278 g/mol. The highest BCUT2D eigenvalue weighted by atomic mass is 35.5. The predicted octanol–water partition coefficient (Wildman–Crippen LogP) is 2.86. The maximum Gasteiger partial charge on any atom is 0.424 e. The third-order valence-electron chi connectivity index (χ3n) is 1.98. The van der Waals surface area contributed by atoms with Crippen molar-refractivity contribution in [3.05, 3.63) is 38.9 Å². The minimum Gasteiger partial charge on any atom is -0.275 e. The Balaban J connectivity index is 3.84. The topological polar surface area (TPSA) is 84.0 Å². The van der Waals surface area contributed by atoms with Crippen molar-refractivity contribution in [1.29, 1.82) is 5.26 Å². The smallest absolute Gasteiger partial charge is 0.275 e. The fourth-order valence-corrected chi connectivity index (χ4v) is 1.47. The van der Waals surface area contributed by atoms with Gasteiger partial charge in [-0.05, 0) is 23.7 Å². The van der Waals surface area contributed by atoms with Crippen LogP contribution in [0.25, 0.3) is 0 Å². The maximum atomic E-state index is 12.7. The van der Waals surface area contributed by atoms with Crippen molar-refractivity contribution in [3.8, 4) is 6.07 Å². The van der Waals surface area contributed by atoms with Crippen LogP contribution in [-0.2, 0) is 6.18 Å². The SMILES string of the molecule is N#Cc1ccc(C(=O)Cl)c([N+](=O)[O-])c1C(F)(F)F. The van der Waals surface area contributed by atoms with Gasteiger partial charge in [0.15, 0.2) is 5.56 Å². The number of nitro benzene ring substituents is 1. The van der Waals surface area contributed by atoms with Crippen molar-refractivity contribution >= 4 is 22.5 Å². The lowest BCUT2D eigenvalue weighted by atomic mass is 10.0.